The van der Waals surface area contributed by atoms with Crippen LogP contribution in [0.15, 0.2) is 24.3 Å². The summed E-state index contributed by atoms with van der Waals surface area (Å²) in [5.74, 6) is 0.557. The Morgan fingerprint density at radius 1 is 1.14 bits per heavy atom. The third-order valence-electron chi connectivity index (χ3n) is 3.09. The van der Waals surface area contributed by atoms with Gasteiger partial charge in [-0.2, -0.15) is 0 Å². The molecule has 2 amide bonds. The van der Waals surface area contributed by atoms with E-state index in [1.165, 1.54) is 0 Å². The van der Waals surface area contributed by atoms with Gasteiger partial charge >= 0.3 is 0 Å². The molecular weight excluding hydrogens is 270 g/mol. The monoisotopic (exact) mass is 291 g/mol. The van der Waals surface area contributed by atoms with E-state index < -0.39 is 0 Å². The molecule has 6 nitrogen and oxygen atoms in total. The topological polar surface area (TPSA) is 93.4 Å². The lowest BCUT2D eigenvalue weighted by Gasteiger charge is -2.07. The summed E-state index contributed by atoms with van der Waals surface area (Å²) in [4.78, 5) is 23.0. The molecule has 114 valence electrons. The lowest BCUT2D eigenvalue weighted by molar-refractivity contribution is -0.122. The van der Waals surface area contributed by atoms with Gasteiger partial charge in [0.25, 0.3) is 0 Å². The Labute approximate surface area is 124 Å². The molecule has 0 spiro atoms. The first-order valence-corrected chi connectivity index (χ1v) is 7.18. The number of hydrogen-bond acceptors (Lipinski definition) is 4. The zero-order chi connectivity index (χ0) is 15.1. The Morgan fingerprint density at radius 2 is 1.86 bits per heavy atom. The third kappa shape index (κ3) is 6.16. The van der Waals surface area contributed by atoms with Crippen LogP contribution < -0.4 is 21.1 Å². The number of rotatable bonds is 8. The summed E-state index contributed by atoms with van der Waals surface area (Å²) in [5, 5.41) is 5.57. The van der Waals surface area contributed by atoms with Gasteiger partial charge in [0.1, 0.15) is 5.75 Å². The number of hydrogen-bond donors (Lipinski definition) is 3. The molecule has 1 aliphatic carbocycles. The van der Waals surface area contributed by atoms with Crippen LogP contribution in [0, 0.1) is 0 Å². The van der Waals surface area contributed by atoms with Gasteiger partial charge in [0.15, 0.2) is 0 Å². The third-order valence-corrected chi connectivity index (χ3v) is 3.09. The summed E-state index contributed by atoms with van der Waals surface area (Å²) < 4.78 is 5.42. The Bertz CT molecular complexity index is 483. The molecule has 0 bridgehead atoms. The fraction of sp³-hybridized carbons (Fsp3) is 0.467. The lowest BCUT2D eigenvalue weighted by Crippen LogP contribution is -2.32. The molecule has 6 heteroatoms. The molecule has 1 aromatic rings. The van der Waals surface area contributed by atoms with Gasteiger partial charge in [0, 0.05) is 24.7 Å². The molecule has 0 radical (unpaired) electrons. The molecule has 4 N–H and O–H groups in total. The number of nitrogens with one attached hydrogen (secondary N) is 2. The van der Waals surface area contributed by atoms with E-state index in [0.717, 1.165) is 12.8 Å². The molecule has 1 fully saturated rings. The van der Waals surface area contributed by atoms with E-state index in [-0.39, 0.29) is 18.2 Å². The molecule has 0 unspecified atom stereocenters. The Hall–Kier alpha value is -2.24. The molecule has 0 saturated heterocycles. The number of anilines is 1. The van der Waals surface area contributed by atoms with Gasteiger partial charge in [-0.15, -0.1) is 0 Å². The molecule has 0 atom stereocenters. The Morgan fingerprint density at radius 3 is 2.52 bits per heavy atom. The van der Waals surface area contributed by atoms with E-state index in [1.54, 1.807) is 24.3 Å². The maximum absolute atomic E-state index is 11.6. The molecule has 1 aliphatic rings. The van der Waals surface area contributed by atoms with Crippen molar-refractivity contribution in [2.75, 3.05) is 18.9 Å². The number of ether oxygens (including phenoxy) is 1. The maximum atomic E-state index is 11.6. The summed E-state index contributed by atoms with van der Waals surface area (Å²) >= 11 is 0. The van der Waals surface area contributed by atoms with Crippen LogP contribution in [-0.2, 0) is 9.59 Å². The van der Waals surface area contributed by atoms with Gasteiger partial charge in [-0.25, -0.2) is 0 Å². The van der Waals surface area contributed by atoms with E-state index in [9.17, 15) is 9.59 Å². The van der Waals surface area contributed by atoms with Crippen LogP contribution in [0.25, 0.3) is 0 Å². The van der Waals surface area contributed by atoms with Crippen molar-refractivity contribution in [2.45, 2.75) is 31.7 Å². The predicted molar refractivity (Wildman–Crippen MR) is 79.8 cm³/mol. The predicted octanol–water partition coefficient (Wildman–Crippen LogP) is 0.823. The second-order valence-electron chi connectivity index (χ2n) is 5.11. The van der Waals surface area contributed by atoms with Crippen molar-refractivity contribution in [3.63, 3.8) is 0 Å². The smallest absolute Gasteiger partial charge is 0.223 e. The molecule has 0 aliphatic heterocycles. The highest BCUT2D eigenvalue weighted by Crippen LogP contribution is 2.18. The number of carbonyl (C=O) groups is 2. The standard InChI is InChI=1S/C15H21N3O3/c16-11-1-5-13(6-2-11)21-10-8-14(19)17-9-7-15(20)18-12-3-4-12/h1-2,5-6,12H,3-4,7-10,16H2,(H,17,19)(H,18,20). The van der Waals surface area contributed by atoms with Gasteiger partial charge in [-0.3, -0.25) is 9.59 Å². The zero-order valence-corrected chi connectivity index (χ0v) is 11.9. The first kappa shape index (κ1) is 15.2. The normalized spacial score (nSPS) is 13.5. The highest BCUT2D eigenvalue weighted by Gasteiger charge is 2.22. The van der Waals surface area contributed by atoms with E-state index in [4.69, 9.17) is 10.5 Å². The Balaban J connectivity index is 1.52. The molecule has 1 saturated carbocycles. The summed E-state index contributed by atoms with van der Waals surface area (Å²) in [6.45, 7) is 0.656. The van der Waals surface area contributed by atoms with Gasteiger partial charge in [0.05, 0.1) is 13.0 Å². The SMILES string of the molecule is Nc1ccc(OCCC(=O)NCCC(=O)NC2CC2)cc1. The van der Waals surface area contributed by atoms with Crippen LogP contribution in [0.1, 0.15) is 25.7 Å². The van der Waals surface area contributed by atoms with Crippen molar-refractivity contribution in [1.82, 2.24) is 10.6 Å². The lowest BCUT2D eigenvalue weighted by atomic mass is 10.3. The molecular formula is C15H21N3O3. The number of amides is 2. The first-order valence-electron chi connectivity index (χ1n) is 7.18. The zero-order valence-electron chi connectivity index (χ0n) is 11.9. The van der Waals surface area contributed by atoms with Crippen molar-refractivity contribution in [1.29, 1.82) is 0 Å². The molecule has 2 rings (SSSR count). The molecule has 0 heterocycles. The van der Waals surface area contributed by atoms with Crippen LogP contribution in [0.4, 0.5) is 5.69 Å². The summed E-state index contributed by atoms with van der Waals surface area (Å²) in [5.41, 5.74) is 6.24. The van der Waals surface area contributed by atoms with Crippen molar-refractivity contribution < 1.29 is 14.3 Å². The molecule has 0 aromatic heterocycles. The highest BCUT2D eigenvalue weighted by molar-refractivity contribution is 5.79. The van der Waals surface area contributed by atoms with Crippen LogP contribution in [-0.4, -0.2) is 31.0 Å². The van der Waals surface area contributed by atoms with Gasteiger partial charge in [0.2, 0.25) is 11.8 Å². The minimum Gasteiger partial charge on any atom is -0.493 e. The average molecular weight is 291 g/mol. The van der Waals surface area contributed by atoms with Crippen LogP contribution >= 0.6 is 0 Å². The maximum Gasteiger partial charge on any atom is 0.223 e. The summed E-state index contributed by atoms with van der Waals surface area (Å²) in [6, 6.07) is 7.37. The first-order chi connectivity index (χ1) is 10.1. The second-order valence-corrected chi connectivity index (χ2v) is 5.11. The van der Waals surface area contributed by atoms with E-state index >= 15 is 0 Å². The summed E-state index contributed by atoms with van der Waals surface area (Å²) in [7, 11) is 0. The van der Waals surface area contributed by atoms with E-state index in [2.05, 4.69) is 10.6 Å². The van der Waals surface area contributed by atoms with Crippen molar-refractivity contribution in [2.24, 2.45) is 0 Å². The van der Waals surface area contributed by atoms with Gasteiger partial charge in [-0.05, 0) is 37.1 Å². The largest absolute Gasteiger partial charge is 0.493 e. The minimum absolute atomic E-state index is 0.00377. The number of benzene rings is 1. The van der Waals surface area contributed by atoms with E-state index in [0.29, 0.717) is 37.1 Å². The number of nitrogen functional groups attached to an aromatic ring is 1. The van der Waals surface area contributed by atoms with Gasteiger partial charge in [-0.1, -0.05) is 0 Å². The molecule has 21 heavy (non-hydrogen) atoms. The Kier molecular flexibility index (Phi) is 5.43. The van der Waals surface area contributed by atoms with Crippen LogP contribution in [0.2, 0.25) is 0 Å². The van der Waals surface area contributed by atoms with Gasteiger partial charge < -0.3 is 21.1 Å². The second kappa shape index (κ2) is 7.52. The van der Waals surface area contributed by atoms with Crippen molar-refractivity contribution >= 4 is 17.5 Å². The minimum atomic E-state index is -0.121. The van der Waals surface area contributed by atoms with Crippen LogP contribution in [0.3, 0.4) is 0 Å². The summed E-state index contributed by atoms with van der Waals surface area (Å²) in [6.07, 6.45) is 2.72. The highest BCUT2D eigenvalue weighted by atomic mass is 16.5. The molecule has 1 aromatic carbocycles. The van der Waals surface area contributed by atoms with Crippen molar-refractivity contribution in [3.8, 4) is 5.75 Å². The van der Waals surface area contributed by atoms with E-state index in [1.807, 2.05) is 0 Å². The fourth-order valence-electron chi connectivity index (χ4n) is 1.76. The average Bonchev–Trinajstić information content (AvgIpc) is 3.25. The quantitative estimate of drug-likeness (QED) is 0.618. The van der Waals surface area contributed by atoms with Crippen molar-refractivity contribution in [3.05, 3.63) is 24.3 Å². The van der Waals surface area contributed by atoms with Crippen LogP contribution in [0.5, 0.6) is 5.75 Å². The fourth-order valence-corrected chi connectivity index (χ4v) is 1.76. The number of nitrogens with two attached hydrogens (primary N) is 1. The number of carbonyl (C=O) groups excluding carboxylic acids is 2.